The minimum atomic E-state index is -3.21. The van der Waals surface area contributed by atoms with E-state index in [1.807, 2.05) is 30.3 Å². The lowest BCUT2D eigenvalue weighted by Crippen LogP contribution is -2.36. The molecule has 7 nitrogen and oxygen atoms in total. The number of hydrogen-bond acceptors (Lipinski definition) is 5. The summed E-state index contributed by atoms with van der Waals surface area (Å²) in [6, 6.07) is 9.73. The zero-order chi connectivity index (χ0) is 16.4. The van der Waals surface area contributed by atoms with Gasteiger partial charge in [0, 0.05) is 18.2 Å². The van der Waals surface area contributed by atoms with Crippen LogP contribution in [0.15, 0.2) is 30.3 Å². The van der Waals surface area contributed by atoms with Gasteiger partial charge in [0.15, 0.2) is 5.82 Å². The summed E-state index contributed by atoms with van der Waals surface area (Å²) in [5.41, 5.74) is 0.960. The third-order valence-corrected chi connectivity index (χ3v) is 4.80. The number of nitrogens with one attached hydrogen (secondary N) is 2. The molecule has 2 atom stereocenters. The molecule has 2 aromatic rings. The molecule has 0 aliphatic carbocycles. The first kappa shape index (κ1) is 16.1. The number of benzene rings is 1. The van der Waals surface area contributed by atoms with Crippen molar-refractivity contribution in [3.63, 3.8) is 0 Å². The standard InChI is InChI=1S/C15H21N5O2S/c1-3-20-10-12(19-23(2,21)22)9-13(20)15-16-14(17-18-15)11-7-5-4-6-8-11/h4-8,12-13,19H,3,9-10H2,1-2H3,(H,16,17,18)/t12-,13-/m0/s1. The lowest BCUT2D eigenvalue weighted by Gasteiger charge is -2.19. The Hall–Kier alpha value is -1.77. The third kappa shape index (κ3) is 3.77. The molecule has 3 rings (SSSR count). The maximum Gasteiger partial charge on any atom is 0.208 e. The van der Waals surface area contributed by atoms with Crippen molar-refractivity contribution < 1.29 is 8.42 Å². The third-order valence-electron chi connectivity index (χ3n) is 4.04. The van der Waals surface area contributed by atoms with Crippen LogP contribution in [0.25, 0.3) is 11.4 Å². The fourth-order valence-electron chi connectivity index (χ4n) is 3.07. The molecule has 2 N–H and O–H groups in total. The largest absolute Gasteiger partial charge is 0.292 e. The van der Waals surface area contributed by atoms with E-state index in [2.05, 4.69) is 31.7 Å². The molecule has 0 spiro atoms. The molecule has 1 aromatic heterocycles. The highest BCUT2D eigenvalue weighted by atomic mass is 32.2. The first-order valence-corrected chi connectivity index (χ1v) is 9.54. The van der Waals surface area contributed by atoms with Crippen LogP contribution in [-0.2, 0) is 10.0 Å². The van der Waals surface area contributed by atoms with Gasteiger partial charge in [-0.05, 0) is 13.0 Å². The second-order valence-corrected chi connectivity index (χ2v) is 7.62. The van der Waals surface area contributed by atoms with Crippen LogP contribution in [0.5, 0.6) is 0 Å². The molecule has 1 fully saturated rings. The Morgan fingerprint density at radius 1 is 1.35 bits per heavy atom. The lowest BCUT2D eigenvalue weighted by molar-refractivity contribution is 0.261. The molecule has 2 heterocycles. The van der Waals surface area contributed by atoms with Crippen LogP contribution in [0, 0.1) is 0 Å². The van der Waals surface area contributed by atoms with E-state index in [1.54, 1.807) is 0 Å². The van der Waals surface area contributed by atoms with Crippen LogP contribution < -0.4 is 4.72 Å². The summed E-state index contributed by atoms with van der Waals surface area (Å²) in [7, 11) is -3.21. The van der Waals surface area contributed by atoms with Crippen molar-refractivity contribution in [2.24, 2.45) is 0 Å². The topological polar surface area (TPSA) is 91.0 Å². The van der Waals surface area contributed by atoms with Gasteiger partial charge in [0.05, 0.1) is 12.3 Å². The number of nitrogens with zero attached hydrogens (tertiary/aromatic N) is 3. The van der Waals surface area contributed by atoms with Gasteiger partial charge in [-0.3, -0.25) is 10.00 Å². The quantitative estimate of drug-likeness (QED) is 0.855. The predicted molar refractivity (Wildman–Crippen MR) is 88.2 cm³/mol. The molecular weight excluding hydrogens is 314 g/mol. The molecule has 1 saturated heterocycles. The van der Waals surface area contributed by atoms with Crippen LogP contribution in [-0.4, -0.2) is 53.9 Å². The van der Waals surface area contributed by atoms with Gasteiger partial charge in [0.1, 0.15) is 5.82 Å². The van der Waals surface area contributed by atoms with Crippen LogP contribution in [0.2, 0.25) is 0 Å². The van der Waals surface area contributed by atoms with E-state index in [-0.39, 0.29) is 12.1 Å². The zero-order valence-electron chi connectivity index (χ0n) is 13.2. The molecule has 0 bridgehead atoms. The van der Waals surface area contributed by atoms with E-state index in [4.69, 9.17) is 0 Å². The van der Waals surface area contributed by atoms with Crippen LogP contribution in [0.1, 0.15) is 25.2 Å². The first-order valence-electron chi connectivity index (χ1n) is 7.65. The van der Waals surface area contributed by atoms with Crippen molar-refractivity contribution in [1.29, 1.82) is 0 Å². The fraction of sp³-hybridized carbons (Fsp3) is 0.467. The van der Waals surface area contributed by atoms with Crippen molar-refractivity contribution in [3.8, 4) is 11.4 Å². The van der Waals surface area contributed by atoms with E-state index < -0.39 is 10.0 Å². The smallest absolute Gasteiger partial charge is 0.208 e. The van der Waals surface area contributed by atoms with Gasteiger partial charge in [-0.1, -0.05) is 37.3 Å². The number of likely N-dealkylation sites (tertiary alicyclic amines) is 1. The Morgan fingerprint density at radius 2 is 2.09 bits per heavy atom. The SMILES string of the molecule is CCN1C[C@@H](NS(C)(=O)=O)C[C@H]1c1nc(-c2ccccc2)n[nH]1. The molecule has 0 amide bonds. The number of aromatic nitrogens is 3. The molecule has 0 saturated carbocycles. The average Bonchev–Trinajstić information content (AvgIpc) is 3.12. The van der Waals surface area contributed by atoms with Crippen LogP contribution in [0.4, 0.5) is 0 Å². The van der Waals surface area contributed by atoms with Crippen LogP contribution in [0.3, 0.4) is 0 Å². The number of H-pyrrole nitrogens is 1. The zero-order valence-corrected chi connectivity index (χ0v) is 14.0. The van der Waals surface area contributed by atoms with Gasteiger partial charge in [-0.15, -0.1) is 0 Å². The highest BCUT2D eigenvalue weighted by molar-refractivity contribution is 7.88. The molecule has 0 radical (unpaired) electrons. The van der Waals surface area contributed by atoms with Gasteiger partial charge >= 0.3 is 0 Å². The summed E-state index contributed by atoms with van der Waals surface area (Å²) in [5, 5.41) is 7.31. The monoisotopic (exact) mass is 335 g/mol. The highest BCUT2D eigenvalue weighted by Gasteiger charge is 2.35. The van der Waals surface area contributed by atoms with Crippen molar-refractivity contribution in [1.82, 2.24) is 24.8 Å². The Balaban J connectivity index is 1.79. The Labute approximate surface area is 136 Å². The summed E-state index contributed by atoms with van der Waals surface area (Å²) in [6.45, 7) is 3.56. The van der Waals surface area contributed by atoms with Gasteiger partial charge < -0.3 is 0 Å². The summed E-state index contributed by atoms with van der Waals surface area (Å²) in [6.07, 6.45) is 1.88. The number of hydrogen-bond donors (Lipinski definition) is 2. The Bertz CT molecular complexity index is 759. The second-order valence-electron chi connectivity index (χ2n) is 5.84. The van der Waals surface area contributed by atoms with Crippen molar-refractivity contribution in [2.45, 2.75) is 25.4 Å². The lowest BCUT2D eigenvalue weighted by atomic mass is 10.1. The summed E-state index contributed by atoms with van der Waals surface area (Å²) >= 11 is 0. The maximum absolute atomic E-state index is 11.4. The number of likely N-dealkylation sites (N-methyl/N-ethyl adjacent to an activating group) is 1. The molecule has 124 valence electrons. The fourth-order valence-corrected chi connectivity index (χ4v) is 3.84. The van der Waals surface area contributed by atoms with Gasteiger partial charge in [-0.2, -0.15) is 5.10 Å². The molecule has 1 aliphatic rings. The molecule has 1 aromatic carbocycles. The molecule has 1 aliphatic heterocycles. The van der Waals surface area contributed by atoms with Crippen molar-refractivity contribution in [3.05, 3.63) is 36.2 Å². The van der Waals surface area contributed by atoms with E-state index in [9.17, 15) is 8.42 Å². The van der Waals surface area contributed by atoms with E-state index >= 15 is 0 Å². The highest BCUT2D eigenvalue weighted by Crippen LogP contribution is 2.30. The average molecular weight is 335 g/mol. The Kier molecular flexibility index (Phi) is 4.47. The summed E-state index contributed by atoms with van der Waals surface area (Å²) < 4.78 is 25.6. The van der Waals surface area contributed by atoms with E-state index in [0.29, 0.717) is 18.8 Å². The summed E-state index contributed by atoms with van der Waals surface area (Å²) in [4.78, 5) is 6.81. The van der Waals surface area contributed by atoms with Crippen molar-refractivity contribution >= 4 is 10.0 Å². The van der Waals surface area contributed by atoms with Crippen LogP contribution >= 0.6 is 0 Å². The molecule has 23 heavy (non-hydrogen) atoms. The summed E-state index contributed by atoms with van der Waals surface area (Å²) in [5.74, 6) is 1.44. The second kappa shape index (κ2) is 6.38. The van der Waals surface area contributed by atoms with Gasteiger partial charge in [-0.25, -0.2) is 18.1 Å². The van der Waals surface area contributed by atoms with Gasteiger partial charge in [0.2, 0.25) is 10.0 Å². The molecular formula is C15H21N5O2S. The first-order chi connectivity index (χ1) is 11.0. The normalized spacial score (nSPS) is 22.5. The van der Waals surface area contributed by atoms with E-state index in [0.717, 1.165) is 17.9 Å². The van der Waals surface area contributed by atoms with E-state index in [1.165, 1.54) is 6.26 Å². The van der Waals surface area contributed by atoms with Gasteiger partial charge in [0.25, 0.3) is 0 Å². The number of rotatable bonds is 5. The molecule has 0 unspecified atom stereocenters. The predicted octanol–water partition coefficient (Wildman–Crippen LogP) is 1.16. The molecule has 8 heteroatoms. The maximum atomic E-state index is 11.4. The Morgan fingerprint density at radius 3 is 2.74 bits per heavy atom. The number of sulfonamides is 1. The van der Waals surface area contributed by atoms with Crippen molar-refractivity contribution in [2.75, 3.05) is 19.3 Å². The number of aromatic amines is 1. The minimum absolute atomic E-state index is 0.0456. The minimum Gasteiger partial charge on any atom is -0.292 e.